The maximum Gasteiger partial charge on any atom is 0.309 e. The largest absolute Gasteiger partial charge is 0.379 e. The van der Waals surface area contributed by atoms with Gasteiger partial charge in [0.2, 0.25) is 0 Å². The predicted octanol–water partition coefficient (Wildman–Crippen LogP) is 0.0291. The number of nitrogens with one attached hydrogen (secondary N) is 2. The van der Waals surface area contributed by atoms with Gasteiger partial charge in [0.05, 0.1) is 19.3 Å². The van der Waals surface area contributed by atoms with Gasteiger partial charge >= 0.3 is 11.8 Å². The van der Waals surface area contributed by atoms with Gasteiger partial charge in [-0.15, -0.1) is 0 Å². The van der Waals surface area contributed by atoms with Crippen molar-refractivity contribution in [3.8, 4) is 0 Å². The average molecular weight is 377 g/mol. The summed E-state index contributed by atoms with van der Waals surface area (Å²) in [6.07, 6.45) is 3.53. The summed E-state index contributed by atoms with van der Waals surface area (Å²) in [6, 6.07) is 3.84. The molecule has 27 heavy (non-hydrogen) atoms. The van der Waals surface area contributed by atoms with Gasteiger partial charge in [-0.1, -0.05) is 19.9 Å². The van der Waals surface area contributed by atoms with Gasteiger partial charge in [0.15, 0.2) is 0 Å². The summed E-state index contributed by atoms with van der Waals surface area (Å²) >= 11 is 0. The zero-order valence-corrected chi connectivity index (χ0v) is 16.3. The number of likely N-dealkylation sites (N-methyl/N-ethyl adjacent to an activating group) is 1. The number of amides is 2. The highest BCUT2D eigenvalue weighted by Crippen LogP contribution is 2.20. The molecule has 2 heterocycles. The van der Waals surface area contributed by atoms with E-state index in [-0.39, 0.29) is 6.04 Å². The minimum Gasteiger partial charge on any atom is -0.379 e. The van der Waals surface area contributed by atoms with E-state index in [0.29, 0.717) is 26.3 Å². The van der Waals surface area contributed by atoms with E-state index >= 15 is 0 Å². The topological polar surface area (TPSA) is 86.8 Å². The maximum atomic E-state index is 12.2. The Balaban J connectivity index is 1.86. The molecule has 8 heteroatoms. The van der Waals surface area contributed by atoms with E-state index < -0.39 is 11.8 Å². The molecule has 0 bridgehead atoms. The van der Waals surface area contributed by atoms with Crippen molar-refractivity contribution in [3.05, 3.63) is 30.1 Å². The van der Waals surface area contributed by atoms with Crippen LogP contribution in [0, 0.1) is 0 Å². The van der Waals surface area contributed by atoms with Crippen LogP contribution >= 0.6 is 0 Å². The summed E-state index contributed by atoms with van der Waals surface area (Å²) in [5.74, 6) is -1.19. The van der Waals surface area contributed by atoms with Crippen LogP contribution < -0.4 is 10.6 Å². The Kier molecular flexibility index (Phi) is 9.17. The molecule has 150 valence electrons. The minimum absolute atomic E-state index is 0.0324. The molecule has 0 unspecified atom stereocenters. The highest BCUT2D eigenvalue weighted by atomic mass is 16.5. The van der Waals surface area contributed by atoms with E-state index in [1.165, 1.54) is 0 Å². The van der Waals surface area contributed by atoms with Gasteiger partial charge in [0, 0.05) is 45.1 Å². The quantitative estimate of drug-likeness (QED) is 0.591. The number of rotatable bonds is 9. The molecule has 1 saturated heterocycles. The number of pyridine rings is 1. The van der Waals surface area contributed by atoms with Crippen molar-refractivity contribution in [2.45, 2.75) is 19.9 Å². The molecular weight excluding hydrogens is 346 g/mol. The summed E-state index contributed by atoms with van der Waals surface area (Å²) in [6.45, 7) is 10.4. The monoisotopic (exact) mass is 377 g/mol. The third-order valence-electron chi connectivity index (χ3n) is 4.83. The van der Waals surface area contributed by atoms with E-state index in [1.807, 2.05) is 12.1 Å². The van der Waals surface area contributed by atoms with Gasteiger partial charge in [0.1, 0.15) is 0 Å². The van der Waals surface area contributed by atoms with Crippen LogP contribution in [0.4, 0.5) is 0 Å². The summed E-state index contributed by atoms with van der Waals surface area (Å²) < 4.78 is 5.42. The molecular formula is C19H31N5O3. The second kappa shape index (κ2) is 11.6. The number of aromatic nitrogens is 1. The van der Waals surface area contributed by atoms with Crippen molar-refractivity contribution < 1.29 is 14.3 Å². The van der Waals surface area contributed by atoms with Crippen LogP contribution in [0.5, 0.6) is 0 Å². The molecule has 1 aliphatic heterocycles. The first-order chi connectivity index (χ1) is 13.2. The normalized spacial score (nSPS) is 16.1. The number of morpholine rings is 1. The first kappa shape index (κ1) is 21.3. The van der Waals surface area contributed by atoms with Crippen molar-refractivity contribution in [2.24, 2.45) is 0 Å². The third-order valence-corrected chi connectivity index (χ3v) is 4.83. The van der Waals surface area contributed by atoms with Gasteiger partial charge in [-0.25, -0.2) is 0 Å². The second-order valence-corrected chi connectivity index (χ2v) is 6.44. The van der Waals surface area contributed by atoms with E-state index in [0.717, 1.165) is 38.3 Å². The third kappa shape index (κ3) is 6.89. The molecule has 0 spiro atoms. The van der Waals surface area contributed by atoms with Crippen molar-refractivity contribution in [1.29, 1.82) is 0 Å². The highest BCUT2D eigenvalue weighted by Gasteiger charge is 2.24. The Morgan fingerprint density at radius 3 is 2.56 bits per heavy atom. The standard InChI is InChI=1S/C19H31N5O3/c1-3-23(4-2)9-8-21-18(25)19(26)22-15-17(16-6-5-7-20-14-16)24-10-12-27-13-11-24/h5-7,14,17H,3-4,8-13,15H2,1-2H3,(H,21,25)(H,22,26)/t17-/m1/s1. The lowest BCUT2D eigenvalue weighted by atomic mass is 10.1. The molecule has 1 aromatic heterocycles. The van der Waals surface area contributed by atoms with E-state index in [2.05, 4.69) is 39.3 Å². The van der Waals surface area contributed by atoms with Crippen LogP contribution in [0.1, 0.15) is 25.5 Å². The van der Waals surface area contributed by atoms with Gasteiger partial charge in [-0.3, -0.25) is 19.5 Å². The van der Waals surface area contributed by atoms with Crippen molar-refractivity contribution in [1.82, 2.24) is 25.4 Å². The van der Waals surface area contributed by atoms with Gasteiger partial charge in [-0.2, -0.15) is 0 Å². The summed E-state index contributed by atoms with van der Waals surface area (Å²) in [5.41, 5.74) is 1.02. The zero-order valence-electron chi connectivity index (χ0n) is 16.3. The van der Waals surface area contributed by atoms with Gasteiger partial charge in [0.25, 0.3) is 0 Å². The lowest BCUT2D eigenvalue weighted by Gasteiger charge is -2.34. The number of hydrogen-bond donors (Lipinski definition) is 2. The lowest BCUT2D eigenvalue weighted by molar-refractivity contribution is -0.139. The van der Waals surface area contributed by atoms with Crippen LogP contribution in [0.25, 0.3) is 0 Å². The van der Waals surface area contributed by atoms with Crippen LogP contribution in [0.3, 0.4) is 0 Å². The molecule has 0 aromatic carbocycles. The molecule has 0 saturated carbocycles. The Hall–Kier alpha value is -2.03. The molecule has 0 radical (unpaired) electrons. The number of hydrogen-bond acceptors (Lipinski definition) is 6. The second-order valence-electron chi connectivity index (χ2n) is 6.44. The Morgan fingerprint density at radius 2 is 1.93 bits per heavy atom. The molecule has 8 nitrogen and oxygen atoms in total. The molecule has 1 aliphatic rings. The molecule has 1 aromatic rings. The number of ether oxygens (including phenoxy) is 1. The molecule has 2 N–H and O–H groups in total. The van der Waals surface area contributed by atoms with Crippen LogP contribution in [0.15, 0.2) is 24.5 Å². The smallest absolute Gasteiger partial charge is 0.309 e. The fraction of sp³-hybridized carbons (Fsp3) is 0.632. The van der Waals surface area contributed by atoms with Gasteiger partial charge < -0.3 is 20.3 Å². The Labute approximate surface area is 161 Å². The first-order valence-corrected chi connectivity index (χ1v) is 9.65. The molecule has 0 aliphatic carbocycles. The minimum atomic E-state index is -0.600. The number of carbonyl (C=O) groups excluding carboxylic acids is 2. The van der Waals surface area contributed by atoms with Crippen molar-refractivity contribution in [2.75, 3.05) is 59.0 Å². The molecule has 1 fully saturated rings. The van der Waals surface area contributed by atoms with Crippen LogP contribution in [-0.2, 0) is 14.3 Å². The number of nitrogens with zero attached hydrogens (tertiary/aromatic N) is 3. The Morgan fingerprint density at radius 1 is 1.22 bits per heavy atom. The van der Waals surface area contributed by atoms with Gasteiger partial charge in [-0.05, 0) is 24.7 Å². The van der Waals surface area contributed by atoms with E-state index in [9.17, 15) is 9.59 Å². The SMILES string of the molecule is CCN(CC)CCNC(=O)C(=O)NC[C@H](c1cccnc1)N1CCOCC1. The maximum absolute atomic E-state index is 12.2. The average Bonchev–Trinajstić information content (AvgIpc) is 2.72. The lowest BCUT2D eigenvalue weighted by Crippen LogP contribution is -2.47. The van der Waals surface area contributed by atoms with E-state index in [4.69, 9.17) is 4.74 Å². The first-order valence-electron chi connectivity index (χ1n) is 9.65. The van der Waals surface area contributed by atoms with Crippen molar-refractivity contribution in [3.63, 3.8) is 0 Å². The van der Waals surface area contributed by atoms with Crippen LogP contribution in [0.2, 0.25) is 0 Å². The van der Waals surface area contributed by atoms with E-state index in [1.54, 1.807) is 12.4 Å². The zero-order chi connectivity index (χ0) is 19.5. The highest BCUT2D eigenvalue weighted by molar-refractivity contribution is 6.35. The predicted molar refractivity (Wildman–Crippen MR) is 103 cm³/mol. The Bertz CT molecular complexity index is 574. The van der Waals surface area contributed by atoms with Crippen molar-refractivity contribution >= 4 is 11.8 Å². The summed E-state index contributed by atoms with van der Waals surface area (Å²) in [5, 5.41) is 5.46. The molecule has 1 atom stereocenters. The molecule has 2 amide bonds. The number of carbonyl (C=O) groups is 2. The summed E-state index contributed by atoms with van der Waals surface area (Å²) in [4.78, 5) is 32.8. The fourth-order valence-corrected chi connectivity index (χ4v) is 3.14. The fourth-order valence-electron chi connectivity index (χ4n) is 3.14. The molecule has 2 rings (SSSR count). The summed E-state index contributed by atoms with van der Waals surface area (Å²) in [7, 11) is 0. The van der Waals surface area contributed by atoms with Crippen LogP contribution in [-0.4, -0.2) is 85.6 Å².